The van der Waals surface area contributed by atoms with Crippen LogP contribution in [0.3, 0.4) is 0 Å². The fourth-order valence-corrected chi connectivity index (χ4v) is 7.40. The van der Waals surface area contributed by atoms with Crippen molar-refractivity contribution in [1.29, 1.82) is 0 Å². The summed E-state index contributed by atoms with van der Waals surface area (Å²) in [6.07, 6.45) is 0. The van der Waals surface area contributed by atoms with Crippen molar-refractivity contribution in [3.63, 3.8) is 0 Å². The summed E-state index contributed by atoms with van der Waals surface area (Å²) in [6.45, 7) is -0.153. The van der Waals surface area contributed by atoms with Crippen LogP contribution in [0.25, 0.3) is 0 Å². The molecule has 3 atom stereocenters. The van der Waals surface area contributed by atoms with Gasteiger partial charge >= 0.3 is 5.97 Å². The van der Waals surface area contributed by atoms with Gasteiger partial charge in [0.25, 0.3) is 16.0 Å². The Balaban J connectivity index is 1.43. The molecule has 21 heteroatoms. The van der Waals surface area contributed by atoms with Crippen molar-refractivity contribution in [1.82, 2.24) is 35.4 Å². The number of nitrogens with two attached hydrogens (primary N) is 1. The summed E-state index contributed by atoms with van der Waals surface area (Å²) in [5.41, 5.74) is 4.22. The number of rotatable bonds is 10. The van der Waals surface area contributed by atoms with E-state index in [-0.39, 0.29) is 39.7 Å². The molecule has 2 saturated heterocycles. The molecule has 2 amide bonds. The van der Waals surface area contributed by atoms with Gasteiger partial charge in [-0.05, 0) is 10.4 Å². The fraction of sp³-hybridized carbons (Fsp3) is 0.500. The van der Waals surface area contributed by atoms with Crippen LogP contribution in [0.5, 0.6) is 0 Å². The third-order valence-corrected chi connectivity index (χ3v) is 9.39. The number of thioether (sulfide) groups is 2. The Morgan fingerprint density at radius 3 is 2.84 bits per heavy atom. The molecule has 0 bridgehead atoms. The molecule has 0 aromatic carbocycles. The van der Waals surface area contributed by atoms with E-state index in [1.807, 2.05) is 0 Å². The molecule has 5 N–H and O–H groups in total. The van der Waals surface area contributed by atoms with Gasteiger partial charge in [-0.1, -0.05) is 16.9 Å². The quantitative estimate of drug-likeness (QED) is 0.0778. The van der Waals surface area contributed by atoms with Crippen LogP contribution >= 0.6 is 34.9 Å². The number of tetrazole rings is 1. The number of nitrogen functional groups attached to an aromatic ring is 1. The van der Waals surface area contributed by atoms with Gasteiger partial charge in [0, 0.05) is 23.4 Å². The van der Waals surface area contributed by atoms with E-state index in [9.17, 15) is 27.9 Å². The zero-order valence-electron chi connectivity index (χ0n) is 18.7. The Morgan fingerprint density at radius 2 is 2.22 bits per heavy atom. The molecule has 200 valence electrons. The van der Waals surface area contributed by atoms with Crippen LogP contribution in [-0.2, 0) is 35.2 Å². The maximum absolute atomic E-state index is 12.9. The largest absolute Gasteiger partial charge is 0.481 e. The van der Waals surface area contributed by atoms with Crippen molar-refractivity contribution in [3.05, 3.63) is 11.1 Å². The molecular formula is C16H19N9O8S4. The van der Waals surface area contributed by atoms with Crippen LogP contribution in [0.15, 0.2) is 15.7 Å². The number of hydrogen-bond acceptors (Lipinski definition) is 15. The van der Waals surface area contributed by atoms with E-state index in [0.717, 1.165) is 27.8 Å². The first kappa shape index (κ1) is 27.0. The Bertz CT molecular complexity index is 1360. The average Bonchev–Trinajstić information content (AvgIpc) is 3.46. The normalized spacial score (nSPS) is 23.8. The van der Waals surface area contributed by atoms with Crippen molar-refractivity contribution in [2.45, 2.75) is 22.4 Å². The number of nitrogens with zero attached hydrogens (tertiary/aromatic N) is 7. The highest BCUT2D eigenvalue weighted by molar-refractivity contribution is 8.00. The highest BCUT2D eigenvalue weighted by Gasteiger charge is 2.57. The Hall–Kier alpha value is -3.01. The lowest BCUT2D eigenvalue weighted by atomic mass is 9.89. The Kier molecular flexibility index (Phi) is 7.60. The molecule has 4 heterocycles. The molecular weight excluding hydrogens is 574 g/mol. The number of carbonyl (C=O) groups is 3. The molecule has 0 saturated carbocycles. The minimum atomic E-state index is -4.43. The third-order valence-electron chi connectivity index (χ3n) is 5.31. The van der Waals surface area contributed by atoms with Gasteiger partial charge in [0.2, 0.25) is 11.1 Å². The summed E-state index contributed by atoms with van der Waals surface area (Å²) in [5, 5.41) is 28.0. The molecule has 2 aliphatic heterocycles. The second-order valence-electron chi connectivity index (χ2n) is 7.86. The van der Waals surface area contributed by atoms with E-state index in [1.165, 1.54) is 29.2 Å². The maximum Gasteiger partial charge on any atom is 0.313 e. The molecule has 17 nitrogen and oxygen atoms in total. The van der Waals surface area contributed by atoms with Crippen LogP contribution < -0.4 is 11.1 Å². The van der Waals surface area contributed by atoms with Crippen LogP contribution in [0.4, 0.5) is 5.13 Å². The minimum absolute atomic E-state index is 0.0157. The number of carboxylic acid groups (broad SMARTS) is 1. The second-order valence-corrected chi connectivity index (χ2v) is 12.2. The molecule has 37 heavy (non-hydrogen) atoms. The molecule has 2 aromatic rings. The summed E-state index contributed by atoms with van der Waals surface area (Å²) in [7, 11) is -3.18. The molecule has 0 spiro atoms. The lowest BCUT2D eigenvalue weighted by Gasteiger charge is -2.53. The van der Waals surface area contributed by atoms with Crippen molar-refractivity contribution < 1.29 is 37.3 Å². The van der Waals surface area contributed by atoms with Gasteiger partial charge in [0.05, 0.1) is 0 Å². The zero-order valence-corrected chi connectivity index (χ0v) is 22.0. The van der Waals surface area contributed by atoms with Gasteiger partial charge in [-0.3, -0.25) is 18.9 Å². The van der Waals surface area contributed by atoms with Crippen molar-refractivity contribution in [3.8, 4) is 0 Å². The van der Waals surface area contributed by atoms with Crippen molar-refractivity contribution in [2.24, 2.45) is 10.6 Å². The highest BCUT2D eigenvalue weighted by atomic mass is 32.2. The molecule has 2 aromatic heterocycles. The van der Waals surface area contributed by atoms with E-state index in [1.54, 1.807) is 0 Å². The number of β-lactam (4-membered cyclic amide) rings is 1. The lowest BCUT2D eigenvalue weighted by Crippen LogP contribution is -2.74. The number of hydrogen-bond donors (Lipinski definition) is 4. The number of oxime groups is 1. The summed E-state index contributed by atoms with van der Waals surface area (Å²) in [6, 6.07) is -0.919. The summed E-state index contributed by atoms with van der Waals surface area (Å²) < 4.78 is 32.2. The Morgan fingerprint density at radius 1 is 1.46 bits per heavy atom. The van der Waals surface area contributed by atoms with Gasteiger partial charge in [-0.2, -0.15) is 8.42 Å². The number of aromatic nitrogens is 5. The first-order valence-corrected chi connectivity index (χ1v) is 14.6. The Labute approximate surface area is 220 Å². The first-order chi connectivity index (χ1) is 17.4. The monoisotopic (exact) mass is 593 g/mol. The number of thiazole rings is 1. The van der Waals surface area contributed by atoms with E-state index >= 15 is 0 Å². The number of fused-ring (bicyclic) bond motifs is 1. The topological polar surface area (TPSA) is 245 Å². The van der Waals surface area contributed by atoms with Crippen LogP contribution in [0.1, 0.15) is 5.69 Å². The third kappa shape index (κ3) is 5.63. The predicted octanol–water partition coefficient (Wildman–Crippen LogP) is -1.83. The smallest absolute Gasteiger partial charge is 0.313 e. The molecule has 2 aliphatic rings. The molecule has 2 unspecified atom stereocenters. The molecule has 0 radical (unpaired) electrons. The minimum Gasteiger partial charge on any atom is -0.481 e. The van der Waals surface area contributed by atoms with Gasteiger partial charge in [0.1, 0.15) is 29.6 Å². The number of nitrogens with one attached hydrogen (secondary N) is 1. The van der Waals surface area contributed by atoms with E-state index in [4.69, 9.17) is 15.1 Å². The molecule has 2 fully saturated rings. The molecule has 4 rings (SSSR count). The fourth-order valence-electron chi connectivity index (χ4n) is 3.55. The average molecular weight is 594 g/mol. The number of amides is 2. The number of carbonyl (C=O) groups excluding carboxylic acids is 2. The van der Waals surface area contributed by atoms with E-state index < -0.39 is 50.6 Å². The summed E-state index contributed by atoms with van der Waals surface area (Å²) in [5.74, 6) is -3.26. The van der Waals surface area contributed by atoms with Gasteiger partial charge in [0.15, 0.2) is 16.7 Å². The summed E-state index contributed by atoms with van der Waals surface area (Å²) in [4.78, 5) is 48.0. The second kappa shape index (κ2) is 10.4. The van der Waals surface area contributed by atoms with Crippen LogP contribution in [-0.4, -0.2) is 108 Å². The number of carboxylic acids is 1. The van der Waals surface area contributed by atoms with E-state index in [2.05, 4.69) is 31.0 Å². The van der Waals surface area contributed by atoms with Crippen molar-refractivity contribution in [2.75, 3.05) is 30.9 Å². The molecule has 0 aliphatic carbocycles. The number of anilines is 1. The lowest BCUT2D eigenvalue weighted by molar-refractivity contribution is -0.157. The van der Waals surface area contributed by atoms with E-state index in [0.29, 0.717) is 0 Å². The maximum atomic E-state index is 12.9. The summed E-state index contributed by atoms with van der Waals surface area (Å²) >= 11 is 3.16. The van der Waals surface area contributed by atoms with Gasteiger partial charge in [-0.25, -0.2) is 9.67 Å². The van der Waals surface area contributed by atoms with Gasteiger partial charge in [-0.15, -0.1) is 28.2 Å². The zero-order chi connectivity index (χ0) is 27.0. The van der Waals surface area contributed by atoms with Gasteiger partial charge < -0.3 is 25.9 Å². The first-order valence-electron chi connectivity index (χ1n) is 10.1. The SMILES string of the molecule is CON=C(C(=O)NC1C(=O)N2CC(CSc3nnnn3CS(=O)(=O)O)(C(=O)O)CS[C@H]12)c1csc(N)n1. The standard InChI is InChI=1S/C16H19N9O8S4/c1-33-21-8(7-2-34-14(17)18-7)10(26)19-9-11(27)24-3-16(13(28)29,4-35-12(9)24)5-36-15-20-22-23-25(15)6-37(30,31)32/h2,9,12H,3-6H2,1H3,(H2,17,18)(H,19,26)(H,28,29)(H,30,31,32)/t9?,12-,16?/m1/s1. The van der Waals surface area contributed by atoms with Crippen molar-refractivity contribution >= 4 is 73.6 Å². The highest BCUT2D eigenvalue weighted by Crippen LogP contribution is 2.44. The van der Waals surface area contributed by atoms with Crippen LogP contribution in [0, 0.1) is 5.41 Å². The number of aliphatic carboxylic acids is 1. The van der Waals surface area contributed by atoms with Crippen LogP contribution in [0.2, 0.25) is 0 Å². The predicted molar refractivity (Wildman–Crippen MR) is 130 cm³/mol.